The van der Waals surface area contributed by atoms with Crippen molar-refractivity contribution >= 4 is 16.9 Å². The molecular weight excluding hydrogens is 266 g/mol. The summed E-state index contributed by atoms with van der Waals surface area (Å²) in [7, 11) is 0. The Morgan fingerprint density at radius 2 is 2.00 bits per heavy atom. The van der Waals surface area contributed by atoms with Crippen molar-refractivity contribution in [2.45, 2.75) is 38.6 Å². The summed E-state index contributed by atoms with van der Waals surface area (Å²) in [6.45, 7) is 3.51. The normalized spacial score (nSPS) is 16.5. The summed E-state index contributed by atoms with van der Waals surface area (Å²) >= 11 is 0. The van der Waals surface area contributed by atoms with Gasteiger partial charge in [-0.05, 0) is 31.4 Å². The maximum absolute atomic E-state index is 12.2. The van der Waals surface area contributed by atoms with Crippen LogP contribution in [0.25, 0.3) is 11.0 Å². The number of aromatic nitrogens is 2. The SMILES string of the molecule is CCCC(=O)N1CCC(n2c(=O)[nH]c3ccccc32)CC1. The molecule has 21 heavy (non-hydrogen) atoms. The lowest BCUT2D eigenvalue weighted by Gasteiger charge is -2.32. The Kier molecular flexibility index (Phi) is 3.82. The van der Waals surface area contributed by atoms with Gasteiger partial charge in [0, 0.05) is 25.6 Å². The van der Waals surface area contributed by atoms with E-state index in [2.05, 4.69) is 4.98 Å². The van der Waals surface area contributed by atoms with Crippen LogP contribution in [0.2, 0.25) is 0 Å². The second kappa shape index (κ2) is 5.76. The topological polar surface area (TPSA) is 58.1 Å². The number of likely N-dealkylation sites (tertiary alicyclic amines) is 1. The zero-order valence-electron chi connectivity index (χ0n) is 12.3. The maximum atomic E-state index is 12.2. The first kappa shape index (κ1) is 13.9. The van der Waals surface area contributed by atoms with Gasteiger partial charge < -0.3 is 9.88 Å². The van der Waals surface area contributed by atoms with Crippen LogP contribution in [0, 0.1) is 0 Å². The van der Waals surface area contributed by atoms with Crippen LogP contribution >= 0.6 is 0 Å². The highest BCUT2D eigenvalue weighted by atomic mass is 16.2. The predicted molar refractivity (Wildman–Crippen MR) is 82.3 cm³/mol. The van der Waals surface area contributed by atoms with Crippen molar-refractivity contribution < 1.29 is 4.79 Å². The average molecular weight is 287 g/mol. The van der Waals surface area contributed by atoms with Gasteiger partial charge in [-0.1, -0.05) is 19.1 Å². The number of H-pyrrole nitrogens is 1. The van der Waals surface area contributed by atoms with Gasteiger partial charge in [0.15, 0.2) is 0 Å². The molecule has 1 fully saturated rings. The number of hydrogen-bond acceptors (Lipinski definition) is 2. The van der Waals surface area contributed by atoms with Crippen molar-refractivity contribution in [3.8, 4) is 0 Å². The summed E-state index contributed by atoms with van der Waals surface area (Å²) in [5.74, 6) is 0.238. The number of amides is 1. The van der Waals surface area contributed by atoms with E-state index < -0.39 is 0 Å². The average Bonchev–Trinajstić information content (AvgIpc) is 2.83. The largest absolute Gasteiger partial charge is 0.343 e. The van der Waals surface area contributed by atoms with E-state index in [9.17, 15) is 9.59 Å². The quantitative estimate of drug-likeness (QED) is 0.941. The van der Waals surface area contributed by atoms with Gasteiger partial charge in [-0.15, -0.1) is 0 Å². The van der Waals surface area contributed by atoms with Crippen LogP contribution in [0.1, 0.15) is 38.6 Å². The molecule has 0 radical (unpaired) electrons. The molecule has 0 atom stereocenters. The van der Waals surface area contributed by atoms with Crippen molar-refractivity contribution in [1.29, 1.82) is 0 Å². The fourth-order valence-corrected chi connectivity index (χ4v) is 3.18. The summed E-state index contributed by atoms with van der Waals surface area (Å²) in [6.07, 6.45) is 3.20. The Hall–Kier alpha value is -2.04. The molecule has 1 amide bonds. The maximum Gasteiger partial charge on any atom is 0.326 e. The Morgan fingerprint density at radius 3 is 2.71 bits per heavy atom. The standard InChI is InChI=1S/C16H21N3O2/c1-2-5-15(20)18-10-8-12(9-11-18)19-14-7-4-3-6-13(14)17-16(19)21/h3-4,6-7,12H,2,5,8-11H2,1H3,(H,17,21). The summed E-state index contributed by atoms with van der Waals surface area (Å²) in [4.78, 5) is 28.9. The van der Waals surface area contributed by atoms with Crippen LogP contribution in [0.3, 0.4) is 0 Å². The molecule has 1 aliphatic rings. The molecule has 1 aromatic heterocycles. The highest BCUT2D eigenvalue weighted by Gasteiger charge is 2.25. The zero-order chi connectivity index (χ0) is 14.8. The van der Waals surface area contributed by atoms with Gasteiger partial charge in [-0.25, -0.2) is 4.79 Å². The fraction of sp³-hybridized carbons (Fsp3) is 0.500. The fourth-order valence-electron chi connectivity index (χ4n) is 3.18. The van der Waals surface area contributed by atoms with Crippen LogP contribution < -0.4 is 5.69 Å². The molecule has 0 bridgehead atoms. The molecule has 1 N–H and O–H groups in total. The number of carbonyl (C=O) groups is 1. The van der Waals surface area contributed by atoms with Gasteiger partial charge in [-0.3, -0.25) is 9.36 Å². The molecule has 1 aromatic carbocycles. The monoisotopic (exact) mass is 287 g/mol. The first-order valence-electron chi connectivity index (χ1n) is 7.67. The van der Waals surface area contributed by atoms with E-state index in [0.717, 1.165) is 43.4 Å². The molecule has 1 saturated heterocycles. The summed E-state index contributed by atoms with van der Waals surface area (Å²) in [5, 5.41) is 0. The van der Waals surface area contributed by atoms with E-state index in [1.807, 2.05) is 40.7 Å². The van der Waals surface area contributed by atoms with Crippen molar-refractivity contribution in [2.75, 3.05) is 13.1 Å². The molecule has 0 aliphatic carbocycles. The Morgan fingerprint density at radius 1 is 1.29 bits per heavy atom. The van der Waals surface area contributed by atoms with E-state index in [1.165, 1.54) is 0 Å². The second-order valence-electron chi connectivity index (χ2n) is 5.68. The third-order valence-electron chi connectivity index (χ3n) is 4.27. The van der Waals surface area contributed by atoms with E-state index in [0.29, 0.717) is 6.42 Å². The molecule has 3 rings (SSSR count). The minimum absolute atomic E-state index is 0.0467. The third-order valence-corrected chi connectivity index (χ3v) is 4.27. The summed E-state index contributed by atoms with van der Waals surface area (Å²) in [6, 6.07) is 7.95. The zero-order valence-corrected chi connectivity index (χ0v) is 12.3. The number of imidazole rings is 1. The predicted octanol–water partition coefficient (Wildman–Crippen LogP) is 2.29. The molecular formula is C16H21N3O2. The highest BCUT2D eigenvalue weighted by Crippen LogP contribution is 2.25. The molecule has 112 valence electrons. The third kappa shape index (κ3) is 2.60. The van der Waals surface area contributed by atoms with Gasteiger partial charge in [0.2, 0.25) is 5.91 Å². The van der Waals surface area contributed by atoms with Crippen molar-refractivity contribution in [3.05, 3.63) is 34.7 Å². The number of fused-ring (bicyclic) bond motifs is 1. The number of carbonyl (C=O) groups excluding carboxylic acids is 1. The van der Waals surface area contributed by atoms with Crippen LogP contribution in [-0.2, 0) is 4.79 Å². The molecule has 2 heterocycles. The van der Waals surface area contributed by atoms with E-state index in [1.54, 1.807) is 0 Å². The van der Waals surface area contributed by atoms with Crippen LogP contribution in [0.5, 0.6) is 0 Å². The van der Waals surface area contributed by atoms with E-state index in [-0.39, 0.29) is 17.6 Å². The molecule has 5 nitrogen and oxygen atoms in total. The number of para-hydroxylation sites is 2. The number of nitrogens with one attached hydrogen (secondary N) is 1. The van der Waals surface area contributed by atoms with E-state index in [4.69, 9.17) is 0 Å². The lowest BCUT2D eigenvalue weighted by Crippen LogP contribution is -2.40. The molecule has 0 unspecified atom stereocenters. The smallest absolute Gasteiger partial charge is 0.326 e. The summed E-state index contributed by atoms with van der Waals surface area (Å²) < 4.78 is 1.86. The first-order chi connectivity index (χ1) is 10.2. The van der Waals surface area contributed by atoms with Gasteiger partial charge in [0.1, 0.15) is 0 Å². The van der Waals surface area contributed by atoms with Gasteiger partial charge in [0.05, 0.1) is 11.0 Å². The molecule has 1 aliphatic heterocycles. The first-order valence-corrected chi connectivity index (χ1v) is 7.67. The number of benzene rings is 1. The van der Waals surface area contributed by atoms with Gasteiger partial charge in [0.25, 0.3) is 0 Å². The highest BCUT2D eigenvalue weighted by molar-refractivity contribution is 5.76. The number of rotatable bonds is 3. The Bertz CT molecular complexity index is 693. The molecule has 0 spiro atoms. The molecule has 5 heteroatoms. The second-order valence-corrected chi connectivity index (χ2v) is 5.68. The molecule has 0 saturated carbocycles. The Labute approximate surface area is 123 Å². The minimum Gasteiger partial charge on any atom is -0.343 e. The lowest BCUT2D eigenvalue weighted by molar-refractivity contribution is -0.132. The van der Waals surface area contributed by atoms with E-state index >= 15 is 0 Å². The van der Waals surface area contributed by atoms with Gasteiger partial charge in [-0.2, -0.15) is 0 Å². The van der Waals surface area contributed by atoms with Crippen molar-refractivity contribution in [1.82, 2.24) is 14.5 Å². The number of hydrogen-bond donors (Lipinski definition) is 1. The lowest BCUT2D eigenvalue weighted by atomic mass is 10.0. The number of piperidine rings is 1. The van der Waals surface area contributed by atoms with Crippen LogP contribution in [0.4, 0.5) is 0 Å². The molecule has 2 aromatic rings. The Balaban J connectivity index is 1.79. The van der Waals surface area contributed by atoms with Crippen LogP contribution in [-0.4, -0.2) is 33.4 Å². The number of aromatic amines is 1. The van der Waals surface area contributed by atoms with Crippen molar-refractivity contribution in [3.63, 3.8) is 0 Å². The minimum atomic E-state index is -0.0467. The van der Waals surface area contributed by atoms with Gasteiger partial charge >= 0.3 is 5.69 Å². The summed E-state index contributed by atoms with van der Waals surface area (Å²) in [5.41, 5.74) is 1.79. The van der Waals surface area contributed by atoms with Crippen LogP contribution in [0.15, 0.2) is 29.1 Å². The number of nitrogens with zero attached hydrogens (tertiary/aromatic N) is 2. The van der Waals surface area contributed by atoms with Crippen molar-refractivity contribution in [2.24, 2.45) is 0 Å².